The first-order valence-electron chi connectivity index (χ1n) is 6.61. The van der Waals surface area contributed by atoms with Crippen molar-refractivity contribution in [2.24, 2.45) is 5.92 Å². The number of nitrogens with zero attached hydrogens (tertiary/aromatic N) is 2. The molecule has 0 aliphatic heterocycles. The molecule has 2 N–H and O–H groups in total. The van der Waals surface area contributed by atoms with Crippen molar-refractivity contribution in [1.29, 1.82) is 0 Å². The standard InChI is InChI=1S/C15H16BrClFN3/c1-8(2)5-12-14(16)15(19)21-13(20-12)6-9-3-4-10(18)7-11(9)17/h3-4,7-8H,5-6H2,1-2H3,(H2,19,20,21). The Morgan fingerprint density at radius 2 is 2.05 bits per heavy atom. The number of benzene rings is 1. The number of hydrogen-bond acceptors (Lipinski definition) is 3. The number of nitrogen functional groups attached to an aromatic ring is 1. The number of rotatable bonds is 4. The topological polar surface area (TPSA) is 51.8 Å². The van der Waals surface area contributed by atoms with Gasteiger partial charge < -0.3 is 5.73 Å². The number of anilines is 1. The Labute approximate surface area is 136 Å². The first-order valence-corrected chi connectivity index (χ1v) is 7.78. The van der Waals surface area contributed by atoms with Crippen molar-refractivity contribution in [3.05, 3.63) is 50.6 Å². The van der Waals surface area contributed by atoms with Gasteiger partial charge in [-0.1, -0.05) is 31.5 Å². The summed E-state index contributed by atoms with van der Waals surface area (Å²) in [6.07, 6.45) is 1.22. The highest BCUT2D eigenvalue weighted by Gasteiger charge is 2.13. The van der Waals surface area contributed by atoms with Crippen LogP contribution in [0, 0.1) is 11.7 Å². The molecule has 0 saturated carbocycles. The van der Waals surface area contributed by atoms with E-state index >= 15 is 0 Å². The molecule has 2 rings (SSSR count). The zero-order chi connectivity index (χ0) is 15.6. The van der Waals surface area contributed by atoms with Crippen molar-refractivity contribution in [2.75, 3.05) is 5.73 Å². The molecule has 0 spiro atoms. The summed E-state index contributed by atoms with van der Waals surface area (Å²) in [5, 5.41) is 0.366. The number of halogens is 3. The van der Waals surface area contributed by atoms with Gasteiger partial charge in [0.25, 0.3) is 0 Å². The van der Waals surface area contributed by atoms with E-state index in [9.17, 15) is 4.39 Å². The number of aromatic nitrogens is 2. The molecule has 1 heterocycles. The Morgan fingerprint density at radius 3 is 2.67 bits per heavy atom. The SMILES string of the molecule is CC(C)Cc1nc(Cc2ccc(F)cc2Cl)nc(N)c1Br. The van der Waals surface area contributed by atoms with E-state index in [1.165, 1.54) is 12.1 Å². The van der Waals surface area contributed by atoms with E-state index in [0.717, 1.165) is 22.2 Å². The molecular formula is C15H16BrClFN3. The van der Waals surface area contributed by atoms with Crippen LogP contribution in [-0.4, -0.2) is 9.97 Å². The third kappa shape index (κ3) is 4.14. The van der Waals surface area contributed by atoms with Gasteiger partial charge in [-0.2, -0.15) is 0 Å². The van der Waals surface area contributed by atoms with E-state index < -0.39 is 0 Å². The summed E-state index contributed by atoms with van der Waals surface area (Å²) in [5.74, 6) is 1.09. The fourth-order valence-electron chi connectivity index (χ4n) is 2.00. The smallest absolute Gasteiger partial charge is 0.141 e. The van der Waals surface area contributed by atoms with Crippen molar-refractivity contribution >= 4 is 33.3 Å². The lowest BCUT2D eigenvalue weighted by molar-refractivity contribution is 0.626. The molecule has 3 nitrogen and oxygen atoms in total. The van der Waals surface area contributed by atoms with Gasteiger partial charge in [-0.05, 0) is 46.0 Å². The number of nitrogens with two attached hydrogens (primary N) is 1. The lowest BCUT2D eigenvalue weighted by atomic mass is 10.1. The zero-order valence-electron chi connectivity index (χ0n) is 11.8. The average molecular weight is 373 g/mol. The van der Waals surface area contributed by atoms with Gasteiger partial charge in [0.2, 0.25) is 0 Å². The first-order chi connectivity index (χ1) is 9.86. The van der Waals surface area contributed by atoms with E-state index in [-0.39, 0.29) is 5.82 Å². The van der Waals surface area contributed by atoms with Crippen LogP contribution in [0.2, 0.25) is 5.02 Å². The van der Waals surface area contributed by atoms with Gasteiger partial charge in [-0.15, -0.1) is 0 Å². The van der Waals surface area contributed by atoms with Gasteiger partial charge in [-0.3, -0.25) is 0 Å². The third-order valence-electron chi connectivity index (χ3n) is 2.96. The lowest BCUT2D eigenvalue weighted by Crippen LogP contribution is -2.08. The van der Waals surface area contributed by atoms with Crippen molar-refractivity contribution < 1.29 is 4.39 Å². The molecule has 0 aliphatic rings. The van der Waals surface area contributed by atoms with Gasteiger partial charge in [0, 0.05) is 11.4 Å². The minimum absolute atomic E-state index is 0.361. The molecule has 112 valence electrons. The monoisotopic (exact) mass is 371 g/mol. The third-order valence-corrected chi connectivity index (χ3v) is 4.17. The van der Waals surface area contributed by atoms with Crippen LogP contribution in [0.5, 0.6) is 0 Å². The predicted molar refractivity (Wildman–Crippen MR) is 86.9 cm³/mol. The van der Waals surface area contributed by atoms with Gasteiger partial charge in [0.05, 0.1) is 10.2 Å². The summed E-state index contributed by atoms with van der Waals surface area (Å²) in [6.45, 7) is 4.22. The van der Waals surface area contributed by atoms with Crippen LogP contribution in [0.15, 0.2) is 22.7 Å². The normalized spacial score (nSPS) is 11.1. The fourth-order valence-corrected chi connectivity index (χ4v) is 2.58. The van der Waals surface area contributed by atoms with Gasteiger partial charge in [0.1, 0.15) is 17.5 Å². The van der Waals surface area contributed by atoms with Gasteiger partial charge in [-0.25, -0.2) is 14.4 Å². The predicted octanol–water partition coefficient (Wildman–Crippen LogP) is 4.40. The quantitative estimate of drug-likeness (QED) is 0.865. The van der Waals surface area contributed by atoms with Crippen molar-refractivity contribution in [3.63, 3.8) is 0 Å². The number of hydrogen-bond donors (Lipinski definition) is 1. The summed E-state index contributed by atoms with van der Waals surface area (Å²) in [4.78, 5) is 8.81. The van der Waals surface area contributed by atoms with Crippen molar-refractivity contribution in [2.45, 2.75) is 26.7 Å². The Morgan fingerprint density at radius 1 is 1.33 bits per heavy atom. The Bertz CT molecular complexity index is 662. The van der Waals surface area contributed by atoms with Crippen LogP contribution in [0.4, 0.5) is 10.2 Å². The minimum atomic E-state index is -0.361. The second-order valence-electron chi connectivity index (χ2n) is 5.30. The molecule has 0 saturated heterocycles. The summed E-state index contributed by atoms with van der Waals surface area (Å²) in [7, 11) is 0. The second kappa shape index (κ2) is 6.71. The highest BCUT2D eigenvalue weighted by molar-refractivity contribution is 9.10. The molecule has 0 radical (unpaired) electrons. The van der Waals surface area contributed by atoms with E-state index in [1.807, 2.05) is 0 Å². The molecule has 0 amide bonds. The van der Waals surface area contributed by atoms with Crippen LogP contribution < -0.4 is 5.73 Å². The highest BCUT2D eigenvalue weighted by atomic mass is 79.9. The first kappa shape index (κ1) is 16.2. The van der Waals surface area contributed by atoms with Crippen LogP contribution in [0.1, 0.15) is 30.9 Å². The van der Waals surface area contributed by atoms with Crippen LogP contribution in [0.3, 0.4) is 0 Å². The Hall–Kier alpha value is -1.20. The molecule has 1 aromatic carbocycles. The maximum absolute atomic E-state index is 13.1. The highest BCUT2D eigenvalue weighted by Crippen LogP contribution is 2.25. The Balaban J connectivity index is 2.33. The maximum Gasteiger partial charge on any atom is 0.141 e. The molecule has 0 fully saturated rings. The zero-order valence-corrected chi connectivity index (χ0v) is 14.2. The lowest BCUT2D eigenvalue weighted by Gasteiger charge is -2.11. The average Bonchev–Trinajstić information content (AvgIpc) is 2.38. The van der Waals surface area contributed by atoms with Crippen molar-refractivity contribution in [3.8, 4) is 0 Å². The summed E-state index contributed by atoms with van der Waals surface area (Å²) in [5.41, 5.74) is 7.58. The summed E-state index contributed by atoms with van der Waals surface area (Å²) >= 11 is 9.47. The van der Waals surface area contributed by atoms with Gasteiger partial charge in [0.15, 0.2) is 0 Å². The molecule has 2 aromatic rings. The van der Waals surface area contributed by atoms with E-state index in [1.54, 1.807) is 6.07 Å². The van der Waals surface area contributed by atoms with Gasteiger partial charge >= 0.3 is 0 Å². The summed E-state index contributed by atoms with van der Waals surface area (Å²) < 4.78 is 13.8. The molecule has 0 aliphatic carbocycles. The minimum Gasteiger partial charge on any atom is -0.383 e. The van der Waals surface area contributed by atoms with Crippen LogP contribution in [0.25, 0.3) is 0 Å². The van der Waals surface area contributed by atoms with Crippen molar-refractivity contribution in [1.82, 2.24) is 9.97 Å². The molecule has 6 heteroatoms. The molecular weight excluding hydrogens is 357 g/mol. The van der Waals surface area contributed by atoms with E-state index in [2.05, 4.69) is 39.7 Å². The van der Waals surface area contributed by atoms with Crippen LogP contribution in [-0.2, 0) is 12.8 Å². The molecule has 1 aromatic heterocycles. The Kier molecular flexibility index (Phi) is 5.17. The fraction of sp³-hybridized carbons (Fsp3) is 0.333. The maximum atomic E-state index is 13.1. The van der Waals surface area contributed by atoms with E-state index in [0.29, 0.717) is 29.0 Å². The largest absolute Gasteiger partial charge is 0.383 e. The van der Waals surface area contributed by atoms with E-state index in [4.69, 9.17) is 17.3 Å². The summed E-state index contributed by atoms with van der Waals surface area (Å²) in [6, 6.07) is 4.30. The molecule has 0 atom stereocenters. The second-order valence-corrected chi connectivity index (χ2v) is 6.50. The molecule has 0 bridgehead atoms. The molecule has 0 unspecified atom stereocenters. The van der Waals surface area contributed by atoms with Crippen LogP contribution >= 0.6 is 27.5 Å². The molecule has 21 heavy (non-hydrogen) atoms.